The third-order valence-electron chi connectivity index (χ3n) is 6.53. The summed E-state index contributed by atoms with van der Waals surface area (Å²) in [7, 11) is 1.77. The first-order valence-corrected chi connectivity index (χ1v) is 10.8. The van der Waals surface area contributed by atoms with Crippen molar-refractivity contribution in [1.82, 2.24) is 14.7 Å². The van der Waals surface area contributed by atoms with Crippen LogP contribution in [0, 0.1) is 11.3 Å². The summed E-state index contributed by atoms with van der Waals surface area (Å²) < 4.78 is 0. The first-order chi connectivity index (χ1) is 14.0. The first kappa shape index (κ1) is 21.3. The summed E-state index contributed by atoms with van der Waals surface area (Å²) in [5.74, 6) is 0.0600. The van der Waals surface area contributed by atoms with Crippen molar-refractivity contribution in [1.29, 1.82) is 5.26 Å². The number of hydrogen-bond acceptors (Lipinski definition) is 4. The smallest absolute Gasteiger partial charge is 0.253 e. The monoisotopic (exact) mass is 396 g/mol. The molecule has 0 atom stereocenters. The fraction of sp³-hybridized carbons (Fsp3) is 0.609. The number of benzene rings is 1. The number of carbonyl (C=O) groups is 2. The Morgan fingerprint density at radius 2 is 1.69 bits per heavy atom. The van der Waals surface area contributed by atoms with Gasteiger partial charge in [-0.25, -0.2) is 0 Å². The number of amides is 2. The molecule has 6 heteroatoms. The maximum atomic E-state index is 12.8. The van der Waals surface area contributed by atoms with Crippen LogP contribution in [0.2, 0.25) is 0 Å². The van der Waals surface area contributed by atoms with E-state index in [1.54, 1.807) is 11.9 Å². The van der Waals surface area contributed by atoms with Gasteiger partial charge in [0.25, 0.3) is 5.91 Å². The molecule has 156 valence electrons. The molecule has 6 nitrogen and oxygen atoms in total. The zero-order chi connectivity index (χ0) is 20.9. The number of likely N-dealkylation sites (N-methyl/N-ethyl adjacent to an activating group) is 1. The Kier molecular flexibility index (Phi) is 6.92. The molecule has 1 aliphatic heterocycles. The fourth-order valence-electron chi connectivity index (χ4n) is 4.37. The number of rotatable bonds is 5. The minimum absolute atomic E-state index is 0.00313. The van der Waals surface area contributed by atoms with Crippen LogP contribution in [-0.2, 0) is 11.2 Å². The standard InChI is InChI=1S/C23H32N4O2/c1-3-19-7-9-20(10-8-19)22(29)27-15-13-26(14-16-27)17-21(28)25(2)23(18-24)11-5-4-6-12-23/h7-10H,3-6,11-17H2,1-2H3. The van der Waals surface area contributed by atoms with Crippen molar-refractivity contribution >= 4 is 11.8 Å². The predicted octanol–water partition coefficient (Wildman–Crippen LogP) is 2.69. The third kappa shape index (κ3) is 4.79. The molecule has 29 heavy (non-hydrogen) atoms. The maximum Gasteiger partial charge on any atom is 0.253 e. The Morgan fingerprint density at radius 3 is 2.24 bits per heavy atom. The normalized spacial score (nSPS) is 19.4. The minimum atomic E-state index is -0.641. The Labute approximate surface area is 174 Å². The highest BCUT2D eigenvalue weighted by Crippen LogP contribution is 2.32. The zero-order valence-electron chi connectivity index (χ0n) is 17.7. The lowest BCUT2D eigenvalue weighted by atomic mass is 9.81. The van der Waals surface area contributed by atoms with Gasteiger partial charge in [-0.05, 0) is 37.0 Å². The summed E-state index contributed by atoms with van der Waals surface area (Å²) in [6.45, 7) is 5.01. The summed E-state index contributed by atoms with van der Waals surface area (Å²) in [4.78, 5) is 31.2. The molecule has 0 radical (unpaired) electrons. The zero-order valence-corrected chi connectivity index (χ0v) is 17.7. The van der Waals surface area contributed by atoms with E-state index in [-0.39, 0.29) is 11.8 Å². The average molecular weight is 397 g/mol. The second-order valence-corrected chi connectivity index (χ2v) is 8.28. The van der Waals surface area contributed by atoms with Crippen LogP contribution in [0.5, 0.6) is 0 Å². The first-order valence-electron chi connectivity index (χ1n) is 10.8. The van der Waals surface area contributed by atoms with Crippen LogP contribution in [0.25, 0.3) is 0 Å². The quantitative estimate of drug-likeness (QED) is 0.767. The molecule has 1 saturated carbocycles. The van der Waals surface area contributed by atoms with E-state index in [9.17, 15) is 14.9 Å². The molecule has 1 aliphatic carbocycles. The summed E-state index contributed by atoms with van der Waals surface area (Å²) in [5.41, 5.74) is 1.31. The topological polar surface area (TPSA) is 67.7 Å². The van der Waals surface area contributed by atoms with Crippen molar-refractivity contribution in [3.63, 3.8) is 0 Å². The van der Waals surface area contributed by atoms with Gasteiger partial charge in [0.05, 0.1) is 12.6 Å². The van der Waals surface area contributed by atoms with Crippen molar-refractivity contribution in [2.75, 3.05) is 39.8 Å². The number of nitriles is 1. The Morgan fingerprint density at radius 1 is 1.07 bits per heavy atom. The largest absolute Gasteiger partial charge is 0.336 e. The molecule has 0 bridgehead atoms. The van der Waals surface area contributed by atoms with Gasteiger partial charge in [-0.15, -0.1) is 0 Å². The van der Waals surface area contributed by atoms with Crippen molar-refractivity contribution < 1.29 is 9.59 Å². The highest BCUT2D eigenvalue weighted by atomic mass is 16.2. The second kappa shape index (κ2) is 9.41. The highest BCUT2D eigenvalue weighted by molar-refractivity contribution is 5.94. The fourth-order valence-corrected chi connectivity index (χ4v) is 4.37. The lowest BCUT2D eigenvalue weighted by molar-refractivity contribution is -0.136. The van der Waals surface area contributed by atoms with Gasteiger partial charge >= 0.3 is 0 Å². The maximum absolute atomic E-state index is 12.8. The number of piperazine rings is 1. The molecule has 2 amide bonds. The van der Waals surface area contributed by atoms with Crippen LogP contribution in [-0.4, -0.2) is 71.8 Å². The van der Waals surface area contributed by atoms with Crippen LogP contribution < -0.4 is 0 Å². The third-order valence-corrected chi connectivity index (χ3v) is 6.53. The van der Waals surface area contributed by atoms with E-state index in [4.69, 9.17) is 0 Å². The molecule has 1 heterocycles. The van der Waals surface area contributed by atoms with E-state index in [1.807, 2.05) is 29.2 Å². The SMILES string of the molecule is CCc1ccc(C(=O)N2CCN(CC(=O)N(C)C3(C#N)CCCCC3)CC2)cc1. The minimum Gasteiger partial charge on any atom is -0.336 e. The molecule has 1 aromatic rings. The van der Waals surface area contributed by atoms with Gasteiger partial charge in [0.2, 0.25) is 5.91 Å². The highest BCUT2D eigenvalue weighted by Gasteiger charge is 2.39. The number of carbonyl (C=O) groups excluding carboxylic acids is 2. The number of hydrogen-bond donors (Lipinski definition) is 0. The number of nitrogens with zero attached hydrogens (tertiary/aromatic N) is 4. The molecule has 2 fully saturated rings. The van der Waals surface area contributed by atoms with E-state index in [0.717, 1.165) is 44.1 Å². The van der Waals surface area contributed by atoms with Gasteiger partial charge in [0, 0.05) is 38.8 Å². The molecule has 0 spiro atoms. The van der Waals surface area contributed by atoms with E-state index in [0.29, 0.717) is 32.7 Å². The molecule has 0 aromatic heterocycles. The van der Waals surface area contributed by atoms with Crippen molar-refractivity contribution in [2.24, 2.45) is 0 Å². The van der Waals surface area contributed by atoms with Gasteiger partial charge in [-0.2, -0.15) is 5.26 Å². The van der Waals surface area contributed by atoms with Crippen LogP contribution in [0.4, 0.5) is 0 Å². The lowest BCUT2D eigenvalue weighted by Gasteiger charge is -2.41. The lowest BCUT2D eigenvalue weighted by Crippen LogP contribution is -2.55. The van der Waals surface area contributed by atoms with Gasteiger partial charge in [0.1, 0.15) is 5.54 Å². The van der Waals surface area contributed by atoms with E-state index < -0.39 is 5.54 Å². The summed E-state index contributed by atoms with van der Waals surface area (Å²) >= 11 is 0. The van der Waals surface area contributed by atoms with Crippen LogP contribution in [0.15, 0.2) is 24.3 Å². The molecular formula is C23H32N4O2. The van der Waals surface area contributed by atoms with Gasteiger partial charge in [-0.1, -0.05) is 38.3 Å². The molecular weight excluding hydrogens is 364 g/mol. The Bertz CT molecular complexity index is 754. The van der Waals surface area contributed by atoms with Gasteiger partial charge in [0.15, 0.2) is 0 Å². The predicted molar refractivity (Wildman–Crippen MR) is 112 cm³/mol. The van der Waals surface area contributed by atoms with Crippen molar-refractivity contribution in [2.45, 2.75) is 51.0 Å². The molecule has 1 saturated heterocycles. The average Bonchev–Trinajstić information content (AvgIpc) is 2.79. The molecule has 3 rings (SSSR count). The van der Waals surface area contributed by atoms with Gasteiger partial charge < -0.3 is 9.80 Å². The van der Waals surface area contributed by atoms with E-state index in [2.05, 4.69) is 17.9 Å². The van der Waals surface area contributed by atoms with E-state index >= 15 is 0 Å². The van der Waals surface area contributed by atoms with Crippen LogP contribution in [0.3, 0.4) is 0 Å². The van der Waals surface area contributed by atoms with E-state index in [1.165, 1.54) is 5.56 Å². The summed E-state index contributed by atoms with van der Waals surface area (Å²) in [6, 6.07) is 10.2. The van der Waals surface area contributed by atoms with Crippen LogP contribution in [0.1, 0.15) is 54.9 Å². The van der Waals surface area contributed by atoms with Crippen molar-refractivity contribution in [3.05, 3.63) is 35.4 Å². The second-order valence-electron chi connectivity index (χ2n) is 8.28. The summed E-state index contributed by atoms with van der Waals surface area (Å²) in [6.07, 6.45) is 5.65. The van der Waals surface area contributed by atoms with Crippen molar-refractivity contribution in [3.8, 4) is 6.07 Å². The molecule has 1 aromatic carbocycles. The molecule has 0 N–H and O–H groups in total. The molecule has 0 unspecified atom stereocenters. The Balaban J connectivity index is 1.52. The summed E-state index contributed by atoms with van der Waals surface area (Å²) in [5, 5.41) is 9.70. The molecule has 2 aliphatic rings. The number of aryl methyl sites for hydroxylation is 1. The van der Waals surface area contributed by atoms with Crippen LogP contribution >= 0.6 is 0 Å². The Hall–Kier alpha value is -2.39. The van der Waals surface area contributed by atoms with Gasteiger partial charge in [-0.3, -0.25) is 14.5 Å².